The Kier molecular flexibility index (Phi) is 4.75. The molecule has 1 heterocycles. The predicted octanol–water partition coefficient (Wildman–Crippen LogP) is 3.09. The molecule has 3 rings (SSSR count). The van der Waals surface area contributed by atoms with Gasteiger partial charge in [0.1, 0.15) is 0 Å². The van der Waals surface area contributed by atoms with Crippen molar-refractivity contribution in [1.29, 1.82) is 0 Å². The van der Waals surface area contributed by atoms with E-state index in [1.54, 1.807) is 25.1 Å². The van der Waals surface area contributed by atoms with Crippen molar-refractivity contribution in [2.75, 3.05) is 5.32 Å². The molecule has 2 N–H and O–H groups in total. The van der Waals surface area contributed by atoms with Crippen LogP contribution in [0.2, 0.25) is 0 Å². The molecular formula is C20H21N3O3. The Bertz CT molecular complexity index is 1090. The number of amides is 1. The molecule has 6 nitrogen and oxygen atoms in total. The smallest absolute Gasteiger partial charge is 0.316 e. The standard InChI is InChI=1S/C20H21N3O3/c1-4-23-17-9-8-14(11-16(17)22-19(25)20(23)26)18(24)21-15-7-5-6-13(10-15)12(2)3/h5-12H,4H2,1-3H3,(H,21,24)(H,22,25). The van der Waals surface area contributed by atoms with E-state index in [0.717, 1.165) is 5.56 Å². The highest BCUT2D eigenvalue weighted by atomic mass is 16.2. The fourth-order valence-corrected chi connectivity index (χ4v) is 2.91. The van der Waals surface area contributed by atoms with Gasteiger partial charge in [-0.3, -0.25) is 14.4 Å². The van der Waals surface area contributed by atoms with Crippen molar-refractivity contribution in [3.63, 3.8) is 0 Å². The van der Waals surface area contributed by atoms with Crippen molar-refractivity contribution in [3.05, 3.63) is 74.3 Å². The zero-order valence-electron chi connectivity index (χ0n) is 15.0. The van der Waals surface area contributed by atoms with Crippen molar-refractivity contribution >= 4 is 22.6 Å². The number of anilines is 1. The molecule has 6 heteroatoms. The minimum atomic E-state index is -0.693. The van der Waals surface area contributed by atoms with Gasteiger partial charge in [0.15, 0.2) is 0 Å². The Morgan fingerprint density at radius 2 is 1.92 bits per heavy atom. The molecule has 0 aliphatic heterocycles. The number of fused-ring (bicyclic) bond motifs is 1. The Labute approximate surface area is 150 Å². The molecule has 0 radical (unpaired) electrons. The number of carbonyl (C=O) groups excluding carboxylic acids is 1. The molecule has 0 saturated heterocycles. The van der Waals surface area contributed by atoms with E-state index in [0.29, 0.717) is 34.7 Å². The van der Waals surface area contributed by atoms with Gasteiger partial charge in [0.05, 0.1) is 11.0 Å². The fourth-order valence-electron chi connectivity index (χ4n) is 2.91. The summed E-state index contributed by atoms with van der Waals surface area (Å²) in [7, 11) is 0. The van der Waals surface area contributed by atoms with E-state index in [1.807, 2.05) is 24.3 Å². The first-order valence-electron chi connectivity index (χ1n) is 8.59. The average molecular weight is 351 g/mol. The first-order chi connectivity index (χ1) is 12.4. The van der Waals surface area contributed by atoms with E-state index in [2.05, 4.69) is 24.1 Å². The lowest BCUT2D eigenvalue weighted by atomic mass is 10.0. The van der Waals surface area contributed by atoms with Crippen molar-refractivity contribution < 1.29 is 4.79 Å². The number of aromatic amines is 1. The maximum absolute atomic E-state index is 12.6. The third-order valence-corrected chi connectivity index (χ3v) is 4.36. The van der Waals surface area contributed by atoms with Crippen LogP contribution in [0.3, 0.4) is 0 Å². The van der Waals surface area contributed by atoms with E-state index in [-0.39, 0.29) is 5.91 Å². The molecule has 134 valence electrons. The summed E-state index contributed by atoms with van der Waals surface area (Å²) in [6.45, 7) is 6.36. The first kappa shape index (κ1) is 17.7. The number of hydrogen-bond donors (Lipinski definition) is 2. The molecule has 26 heavy (non-hydrogen) atoms. The van der Waals surface area contributed by atoms with Gasteiger partial charge in [-0.1, -0.05) is 26.0 Å². The van der Waals surface area contributed by atoms with Crippen LogP contribution in [-0.4, -0.2) is 15.5 Å². The summed E-state index contributed by atoms with van der Waals surface area (Å²) in [6.07, 6.45) is 0. The van der Waals surface area contributed by atoms with Gasteiger partial charge in [0.25, 0.3) is 5.91 Å². The van der Waals surface area contributed by atoms with E-state index in [9.17, 15) is 14.4 Å². The molecule has 0 saturated carbocycles. The van der Waals surface area contributed by atoms with Crippen LogP contribution in [-0.2, 0) is 6.54 Å². The first-order valence-corrected chi connectivity index (χ1v) is 8.59. The van der Waals surface area contributed by atoms with Gasteiger partial charge in [-0.05, 0) is 48.7 Å². The van der Waals surface area contributed by atoms with Crippen molar-refractivity contribution in [2.45, 2.75) is 33.2 Å². The molecule has 0 aliphatic rings. The second kappa shape index (κ2) is 7.00. The molecule has 0 bridgehead atoms. The molecule has 0 aliphatic carbocycles. The van der Waals surface area contributed by atoms with Gasteiger partial charge in [-0.2, -0.15) is 0 Å². The van der Waals surface area contributed by atoms with E-state index < -0.39 is 11.1 Å². The number of hydrogen-bond acceptors (Lipinski definition) is 3. The summed E-state index contributed by atoms with van der Waals surface area (Å²) in [6, 6.07) is 12.6. The minimum Gasteiger partial charge on any atom is -0.322 e. The molecule has 0 spiro atoms. The summed E-state index contributed by atoms with van der Waals surface area (Å²) in [5, 5.41) is 2.87. The Balaban J connectivity index is 1.97. The van der Waals surface area contributed by atoms with Gasteiger partial charge < -0.3 is 14.9 Å². The van der Waals surface area contributed by atoms with Gasteiger partial charge >= 0.3 is 11.1 Å². The second-order valence-corrected chi connectivity index (χ2v) is 6.47. The van der Waals surface area contributed by atoms with Crippen LogP contribution in [0, 0.1) is 0 Å². The van der Waals surface area contributed by atoms with Crippen LogP contribution >= 0.6 is 0 Å². The number of aromatic nitrogens is 2. The van der Waals surface area contributed by atoms with E-state index in [1.165, 1.54) is 4.57 Å². The number of nitrogens with zero attached hydrogens (tertiary/aromatic N) is 1. The van der Waals surface area contributed by atoms with Crippen LogP contribution in [0.1, 0.15) is 42.6 Å². The maximum atomic E-state index is 12.6. The van der Waals surface area contributed by atoms with Crippen LogP contribution in [0.15, 0.2) is 52.1 Å². The topological polar surface area (TPSA) is 84.0 Å². The number of aryl methyl sites for hydroxylation is 1. The number of H-pyrrole nitrogens is 1. The normalized spacial score (nSPS) is 11.1. The third kappa shape index (κ3) is 3.31. The lowest BCUT2D eigenvalue weighted by molar-refractivity contribution is 0.102. The molecule has 1 amide bonds. The zero-order valence-corrected chi connectivity index (χ0v) is 15.0. The largest absolute Gasteiger partial charge is 0.322 e. The van der Waals surface area contributed by atoms with Gasteiger partial charge in [0.2, 0.25) is 0 Å². The number of nitrogens with one attached hydrogen (secondary N) is 2. The molecule has 0 unspecified atom stereocenters. The van der Waals surface area contributed by atoms with Crippen molar-refractivity contribution in [1.82, 2.24) is 9.55 Å². The lowest BCUT2D eigenvalue weighted by Gasteiger charge is -2.11. The summed E-state index contributed by atoms with van der Waals surface area (Å²) in [5.41, 5.74) is 2.02. The average Bonchev–Trinajstić information content (AvgIpc) is 2.62. The lowest BCUT2D eigenvalue weighted by Crippen LogP contribution is -2.36. The van der Waals surface area contributed by atoms with Gasteiger partial charge in [-0.15, -0.1) is 0 Å². The van der Waals surface area contributed by atoms with E-state index in [4.69, 9.17) is 0 Å². The Morgan fingerprint density at radius 3 is 2.62 bits per heavy atom. The second-order valence-electron chi connectivity index (χ2n) is 6.47. The summed E-state index contributed by atoms with van der Waals surface area (Å²) in [5.74, 6) is 0.0891. The molecule has 0 fully saturated rings. The Hall–Kier alpha value is -3.15. The molecular weight excluding hydrogens is 330 g/mol. The van der Waals surface area contributed by atoms with Gasteiger partial charge in [0, 0.05) is 17.8 Å². The highest BCUT2D eigenvalue weighted by Gasteiger charge is 2.11. The zero-order chi connectivity index (χ0) is 18.8. The van der Waals surface area contributed by atoms with Crippen LogP contribution in [0.4, 0.5) is 5.69 Å². The highest BCUT2D eigenvalue weighted by molar-refractivity contribution is 6.05. The summed E-state index contributed by atoms with van der Waals surface area (Å²) in [4.78, 5) is 38.8. The molecule has 1 aromatic heterocycles. The summed E-state index contributed by atoms with van der Waals surface area (Å²) >= 11 is 0. The van der Waals surface area contributed by atoms with Crippen molar-refractivity contribution in [2.24, 2.45) is 0 Å². The molecule has 0 atom stereocenters. The predicted molar refractivity (Wildman–Crippen MR) is 103 cm³/mol. The van der Waals surface area contributed by atoms with Crippen LogP contribution in [0.25, 0.3) is 11.0 Å². The third-order valence-electron chi connectivity index (χ3n) is 4.36. The number of carbonyl (C=O) groups is 1. The Morgan fingerprint density at radius 1 is 1.15 bits per heavy atom. The highest BCUT2D eigenvalue weighted by Crippen LogP contribution is 2.19. The minimum absolute atomic E-state index is 0.275. The van der Waals surface area contributed by atoms with Crippen LogP contribution in [0.5, 0.6) is 0 Å². The summed E-state index contributed by atoms with van der Waals surface area (Å²) < 4.78 is 1.39. The SMILES string of the molecule is CCn1c(=O)c(=O)[nH]c2cc(C(=O)Nc3cccc(C(C)C)c3)ccc21. The van der Waals surface area contributed by atoms with E-state index >= 15 is 0 Å². The molecule has 3 aromatic rings. The molecule has 2 aromatic carbocycles. The van der Waals surface area contributed by atoms with Gasteiger partial charge in [-0.25, -0.2) is 0 Å². The number of rotatable bonds is 4. The monoisotopic (exact) mass is 351 g/mol. The quantitative estimate of drug-likeness (QED) is 0.709. The maximum Gasteiger partial charge on any atom is 0.316 e. The fraction of sp³-hybridized carbons (Fsp3) is 0.250. The number of benzene rings is 2. The van der Waals surface area contributed by atoms with Crippen molar-refractivity contribution in [3.8, 4) is 0 Å². The van der Waals surface area contributed by atoms with Crippen LogP contribution < -0.4 is 16.4 Å².